The molecule has 8 aliphatic rings. The predicted molar refractivity (Wildman–Crippen MR) is 354 cm³/mol. The van der Waals surface area contributed by atoms with Gasteiger partial charge in [0.05, 0.1) is 36.8 Å². The highest BCUT2D eigenvalue weighted by atomic mass is 16.5. The second kappa shape index (κ2) is 27.3. The third kappa shape index (κ3) is 13.8. The first-order chi connectivity index (χ1) is 40.0. The Morgan fingerprint density at radius 1 is 0.452 bits per heavy atom. The number of anilines is 4. The maximum atomic E-state index is 6.42. The van der Waals surface area contributed by atoms with Gasteiger partial charge in [-0.3, -0.25) is 0 Å². The van der Waals surface area contributed by atoms with Gasteiger partial charge in [0.1, 0.15) is 11.5 Å². The average molecular weight is 1150 g/mol. The number of ether oxygens (including phenoxy) is 4. The largest absolute Gasteiger partial charge is 0.491 e. The molecule has 8 N–H and O–H groups in total. The van der Waals surface area contributed by atoms with Crippen molar-refractivity contribution in [2.75, 3.05) is 49.4 Å². The summed E-state index contributed by atoms with van der Waals surface area (Å²) in [6, 6.07) is 10.9. The van der Waals surface area contributed by atoms with Gasteiger partial charge in [-0.2, -0.15) is 0 Å². The number of nitrogens with two attached hydrogens (primary N) is 4. The zero-order chi connectivity index (χ0) is 60.1. The van der Waals surface area contributed by atoms with Gasteiger partial charge in [0.2, 0.25) is 0 Å². The van der Waals surface area contributed by atoms with Crippen molar-refractivity contribution in [1.29, 1.82) is 0 Å². The number of rotatable bonds is 22. The summed E-state index contributed by atoms with van der Waals surface area (Å²) in [4.78, 5) is 0. The van der Waals surface area contributed by atoms with Crippen molar-refractivity contribution in [3.8, 4) is 11.5 Å². The minimum Gasteiger partial charge on any atom is -0.491 e. The predicted octanol–water partition coefficient (Wildman–Crippen LogP) is 18.8. The number of fused-ring (bicyclic) bond motifs is 10. The molecule has 0 aromatic heterocycles. The van der Waals surface area contributed by atoms with Gasteiger partial charge in [-0.1, -0.05) is 154 Å². The highest BCUT2D eigenvalue weighted by Crippen LogP contribution is 2.68. The molecule has 0 spiro atoms. The molecule has 10 unspecified atom stereocenters. The van der Waals surface area contributed by atoms with Crippen LogP contribution < -0.4 is 32.4 Å². The standard InChI is InChI=1S/2C38H58N2O2/c2*1-25(2)26(3)9-10-27(4)32-14-15-33-31-13-11-28-23-30(17-19-37(28,5)34(31)18-20-38(32,33)6)41-21-7-8-22-42-36-16-12-29(39)24-35(36)40/h2*9-13,16,24-27,30,32-34H,7-8,14-15,17-23,39-40H2,1-6H3/b2*10-9+/t26-,27?,30?,32?,33?,34?,37+,38+;26-,27?,30?,32?,33?,34?,37-,38+/m00/s1. The van der Waals surface area contributed by atoms with Crippen LogP contribution in [0.3, 0.4) is 0 Å². The Bertz CT molecular complexity index is 2550. The Hall–Kier alpha value is -4.40. The van der Waals surface area contributed by atoms with Gasteiger partial charge < -0.3 is 41.9 Å². The van der Waals surface area contributed by atoms with Crippen LogP contribution in [0.5, 0.6) is 11.5 Å². The molecule has 464 valence electrons. The normalized spacial score (nSPS) is 33.9. The van der Waals surface area contributed by atoms with Crippen molar-refractivity contribution in [1.82, 2.24) is 0 Å². The van der Waals surface area contributed by atoms with Crippen molar-refractivity contribution in [2.45, 2.75) is 211 Å². The van der Waals surface area contributed by atoms with E-state index in [-0.39, 0.29) is 0 Å². The summed E-state index contributed by atoms with van der Waals surface area (Å²) in [5, 5.41) is 0. The Kier molecular flexibility index (Phi) is 20.8. The van der Waals surface area contributed by atoms with Crippen LogP contribution in [0.25, 0.3) is 0 Å². The van der Waals surface area contributed by atoms with E-state index < -0.39 is 0 Å². The van der Waals surface area contributed by atoms with E-state index in [0.29, 0.717) is 117 Å². The van der Waals surface area contributed by atoms with Crippen LogP contribution in [0.2, 0.25) is 0 Å². The summed E-state index contributed by atoms with van der Waals surface area (Å²) in [5.74, 6) is 10.1. The van der Waals surface area contributed by atoms with Gasteiger partial charge in [-0.25, -0.2) is 0 Å². The van der Waals surface area contributed by atoms with Gasteiger partial charge in [0.15, 0.2) is 0 Å². The number of allylic oxidation sites excluding steroid dienone is 10. The molecule has 0 aliphatic heterocycles. The summed E-state index contributed by atoms with van der Waals surface area (Å²) in [6.45, 7) is 32.4. The summed E-state index contributed by atoms with van der Waals surface area (Å²) in [5.41, 5.74) is 34.5. The molecule has 10 rings (SSSR count). The second-order valence-electron chi connectivity index (χ2n) is 30.1. The Morgan fingerprint density at radius 3 is 1.23 bits per heavy atom. The minimum absolute atomic E-state index is 0.314. The van der Waals surface area contributed by atoms with Crippen LogP contribution >= 0.6 is 0 Å². The van der Waals surface area contributed by atoms with Crippen molar-refractivity contribution < 1.29 is 18.9 Å². The molecule has 0 amide bonds. The highest BCUT2D eigenvalue weighted by molar-refractivity contribution is 5.61. The molecule has 8 nitrogen and oxygen atoms in total. The molecule has 0 radical (unpaired) electrons. The van der Waals surface area contributed by atoms with Crippen LogP contribution in [0.15, 0.2) is 107 Å². The summed E-state index contributed by atoms with van der Waals surface area (Å²) >= 11 is 0. The Labute approximate surface area is 510 Å². The number of nitrogen functional groups attached to an aromatic ring is 4. The molecular weight excluding hydrogens is 1030 g/mol. The zero-order valence-electron chi connectivity index (χ0n) is 54.7. The fraction of sp³-hybridized carbons (Fsp3) is 0.684. The molecule has 2 aromatic rings. The van der Waals surface area contributed by atoms with Crippen LogP contribution in [-0.2, 0) is 9.47 Å². The lowest BCUT2D eigenvalue weighted by Gasteiger charge is -2.55. The van der Waals surface area contributed by atoms with Gasteiger partial charge in [0.25, 0.3) is 0 Å². The van der Waals surface area contributed by atoms with E-state index in [1.54, 1.807) is 34.4 Å². The van der Waals surface area contributed by atoms with Crippen LogP contribution in [0.1, 0.15) is 199 Å². The first kappa shape index (κ1) is 64.1. The zero-order valence-corrected chi connectivity index (χ0v) is 54.7. The van der Waals surface area contributed by atoms with E-state index in [1.165, 1.54) is 77.0 Å². The monoisotopic (exact) mass is 1150 g/mol. The average Bonchev–Trinajstić information content (AvgIpc) is 1.42. The first-order valence-electron chi connectivity index (χ1n) is 34.0. The lowest BCUT2D eigenvalue weighted by molar-refractivity contribution is -0.000131. The Morgan fingerprint density at radius 2 is 0.845 bits per heavy atom. The number of unbranched alkanes of at least 4 members (excludes halogenated alkanes) is 2. The molecule has 2 aromatic carbocycles. The summed E-state index contributed by atoms with van der Waals surface area (Å²) in [7, 11) is 0. The molecule has 8 heteroatoms. The van der Waals surface area contributed by atoms with E-state index in [2.05, 4.69) is 132 Å². The molecule has 6 fully saturated rings. The maximum absolute atomic E-state index is 6.42. The van der Waals surface area contributed by atoms with Crippen LogP contribution in [0.4, 0.5) is 22.7 Å². The SMILES string of the molecule is CC(/C=C/[C@H](C)C(C)C)C1CCC2C3=CC=C4CC(OCCCCOc5ccc(N)cc5N)CC[C@@]4(C)C3CC[C@@]21C.CC(/C=C/[C@H](C)C(C)C)C1CCC2C3=CC=C4CC(OCCCCOc5ccc(N)cc5N)CC[C@]4(C)C3CC[C@@]21C. The minimum atomic E-state index is 0.314. The number of hydrogen-bond acceptors (Lipinski definition) is 8. The van der Waals surface area contributed by atoms with Gasteiger partial charge in [-0.15, -0.1) is 0 Å². The van der Waals surface area contributed by atoms with Gasteiger partial charge in [0, 0.05) is 24.6 Å². The molecule has 8 aliphatic carbocycles. The second-order valence-corrected chi connectivity index (χ2v) is 30.1. The molecule has 0 saturated heterocycles. The van der Waals surface area contributed by atoms with Crippen molar-refractivity contribution in [3.63, 3.8) is 0 Å². The maximum Gasteiger partial charge on any atom is 0.142 e. The highest BCUT2D eigenvalue weighted by Gasteiger charge is 2.59. The van der Waals surface area contributed by atoms with Crippen molar-refractivity contribution in [3.05, 3.63) is 107 Å². The van der Waals surface area contributed by atoms with Crippen LogP contribution in [0, 0.1) is 92.7 Å². The molecule has 0 bridgehead atoms. The fourth-order valence-corrected chi connectivity index (χ4v) is 18.1. The van der Waals surface area contributed by atoms with E-state index in [9.17, 15) is 0 Å². The van der Waals surface area contributed by atoms with Gasteiger partial charge in [-0.05, 0) is 245 Å². The Balaban J connectivity index is 0.000000202. The molecule has 0 heterocycles. The molecule has 6 saturated carbocycles. The lowest BCUT2D eigenvalue weighted by atomic mass is 9.50. The van der Waals surface area contributed by atoms with Crippen LogP contribution in [-0.4, -0.2) is 38.6 Å². The quantitative estimate of drug-likeness (QED) is 0.0519. The third-order valence-corrected chi connectivity index (χ3v) is 24.4. The smallest absolute Gasteiger partial charge is 0.142 e. The van der Waals surface area contributed by atoms with Gasteiger partial charge >= 0.3 is 0 Å². The van der Waals surface area contributed by atoms with E-state index >= 15 is 0 Å². The fourth-order valence-electron chi connectivity index (χ4n) is 18.1. The summed E-state index contributed by atoms with van der Waals surface area (Å²) < 4.78 is 24.5. The van der Waals surface area contributed by atoms with E-state index in [0.717, 1.165) is 87.2 Å². The third-order valence-electron chi connectivity index (χ3n) is 24.4. The molecular formula is C76H116N4O4. The number of benzene rings is 2. The lowest BCUT2D eigenvalue weighted by Crippen LogP contribution is -2.46. The molecule has 84 heavy (non-hydrogen) atoms. The van der Waals surface area contributed by atoms with Crippen molar-refractivity contribution in [2.24, 2.45) is 92.7 Å². The van der Waals surface area contributed by atoms with E-state index in [1.807, 2.05) is 24.3 Å². The molecule has 16 atom stereocenters. The first-order valence-corrected chi connectivity index (χ1v) is 34.0. The summed E-state index contributed by atoms with van der Waals surface area (Å²) in [6.07, 6.45) is 43.0. The van der Waals surface area contributed by atoms with Crippen molar-refractivity contribution >= 4 is 22.7 Å². The number of hydrogen-bond donors (Lipinski definition) is 4. The topological polar surface area (TPSA) is 141 Å². The van der Waals surface area contributed by atoms with E-state index in [4.69, 9.17) is 41.9 Å².